The Labute approximate surface area is 117 Å². The summed E-state index contributed by atoms with van der Waals surface area (Å²) in [6.07, 6.45) is -7.56. The van der Waals surface area contributed by atoms with Gasteiger partial charge in [0, 0.05) is 28.8 Å². The van der Waals surface area contributed by atoms with Gasteiger partial charge in [0.1, 0.15) is 11.9 Å². The lowest BCUT2D eigenvalue weighted by molar-refractivity contribution is -0.274. The lowest BCUT2D eigenvalue weighted by Gasteiger charge is -2.19. The fraction of sp³-hybridized carbons (Fsp3) is 0.455. The third kappa shape index (κ3) is 5.38. The SMILES string of the molecule is [N-]=[N+]=NCCC(O)C(O)c1ccc(OC(F)(F)F)cc1N. The van der Waals surface area contributed by atoms with Gasteiger partial charge in [0.05, 0.1) is 6.10 Å². The van der Waals surface area contributed by atoms with Gasteiger partial charge in [0.2, 0.25) is 0 Å². The van der Waals surface area contributed by atoms with Gasteiger partial charge in [-0.3, -0.25) is 0 Å². The van der Waals surface area contributed by atoms with Crippen LogP contribution in [0.15, 0.2) is 23.3 Å². The molecule has 0 aliphatic heterocycles. The predicted molar refractivity (Wildman–Crippen MR) is 67.1 cm³/mol. The van der Waals surface area contributed by atoms with E-state index in [4.69, 9.17) is 11.3 Å². The van der Waals surface area contributed by atoms with Gasteiger partial charge in [-0.1, -0.05) is 11.2 Å². The highest BCUT2D eigenvalue weighted by Crippen LogP contribution is 2.30. The molecule has 1 aromatic carbocycles. The van der Waals surface area contributed by atoms with E-state index in [1.165, 1.54) is 0 Å². The van der Waals surface area contributed by atoms with Crippen molar-refractivity contribution in [2.75, 3.05) is 12.3 Å². The summed E-state index contributed by atoms with van der Waals surface area (Å²) in [6.45, 7) is -0.0378. The molecule has 0 heterocycles. The van der Waals surface area contributed by atoms with Gasteiger partial charge in [0.25, 0.3) is 0 Å². The third-order valence-electron chi connectivity index (χ3n) is 2.56. The van der Waals surface area contributed by atoms with Crippen LogP contribution in [0.4, 0.5) is 18.9 Å². The summed E-state index contributed by atoms with van der Waals surface area (Å²) < 4.78 is 39.8. The fourth-order valence-electron chi connectivity index (χ4n) is 1.62. The minimum absolute atomic E-state index is 0.0224. The molecule has 4 N–H and O–H groups in total. The Bertz CT molecular complexity index is 532. The zero-order valence-electron chi connectivity index (χ0n) is 10.7. The molecular formula is C11H13F3N4O3. The van der Waals surface area contributed by atoms with E-state index >= 15 is 0 Å². The van der Waals surface area contributed by atoms with E-state index in [1.807, 2.05) is 0 Å². The third-order valence-corrected chi connectivity index (χ3v) is 2.56. The summed E-state index contributed by atoms with van der Waals surface area (Å²) in [5, 5.41) is 22.7. The second kappa shape index (κ2) is 7.02. The zero-order valence-corrected chi connectivity index (χ0v) is 10.7. The first-order valence-corrected chi connectivity index (χ1v) is 5.76. The summed E-state index contributed by atoms with van der Waals surface area (Å²) in [7, 11) is 0. The van der Waals surface area contributed by atoms with E-state index < -0.39 is 24.3 Å². The van der Waals surface area contributed by atoms with Crippen molar-refractivity contribution in [2.45, 2.75) is 25.0 Å². The van der Waals surface area contributed by atoms with Crippen LogP contribution in [0, 0.1) is 0 Å². The number of ether oxygens (including phenoxy) is 1. The van der Waals surface area contributed by atoms with Crippen molar-refractivity contribution in [1.82, 2.24) is 0 Å². The molecule has 0 fully saturated rings. The molecule has 1 aromatic rings. The van der Waals surface area contributed by atoms with Gasteiger partial charge in [-0.25, -0.2) is 0 Å². The summed E-state index contributed by atoms with van der Waals surface area (Å²) in [6, 6.07) is 2.99. The largest absolute Gasteiger partial charge is 0.573 e. The van der Waals surface area contributed by atoms with E-state index in [-0.39, 0.29) is 24.2 Å². The number of nitrogen functional groups attached to an aromatic ring is 1. The Morgan fingerprint density at radius 3 is 2.57 bits per heavy atom. The molecule has 116 valence electrons. The Hall–Kier alpha value is -2.16. The molecule has 10 heteroatoms. The first-order chi connectivity index (χ1) is 9.74. The Balaban J connectivity index is 2.81. The molecule has 0 saturated heterocycles. The molecule has 0 bridgehead atoms. The summed E-state index contributed by atoms with van der Waals surface area (Å²) in [5.41, 5.74) is 13.5. The van der Waals surface area contributed by atoms with Crippen LogP contribution in [0.5, 0.6) is 5.75 Å². The standard InChI is InChI=1S/C11H13F3N4O3/c12-11(13,14)21-6-1-2-7(8(15)5-6)10(20)9(19)3-4-17-18-16/h1-2,5,9-10,19-20H,3-4,15H2. The monoisotopic (exact) mass is 306 g/mol. The highest BCUT2D eigenvalue weighted by Gasteiger charge is 2.31. The molecular weight excluding hydrogens is 293 g/mol. The lowest BCUT2D eigenvalue weighted by atomic mass is 10.0. The van der Waals surface area contributed by atoms with Crippen LogP contribution < -0.4 is 10.5 Å². The van der Waals surface area contributed by atoms with Crippen LogP contribution in [-0.4, -0.2) is 29.2 Å². The van der Waals surface area contributed by atoms with Crippen LogP contribution in [0.3, 0.4) is 0 Å². The van der Waals surface area contributed by atoms with Crippen molar-refractivity contribution in [3.63, 3.8) is 0 Å². The molecule has 0 aliphatic rings. The minimum Gasteiger partial charge on any atom is -0.406 e. The molecule has 21 heavy (non-hydrogen) atoms. The highest BCUT2D eigenvalue weighted by atomic mass is 19.4. The van der Waals surface area contributed by atoms with Crippen LogP contribution >= 0.6 is 0 Å². The number of azide groups is 1. The van der Waals surface area contributed by atoms with Gasteiger partial charge in [-0.2, -0.15) is 0 Å². The smallest absolute Gasteiger partial charge is 0.406 e. The summed E-state index contributed by atoms with van der Waals surface area (Å²) in [4.78, 5) is 2.49. The number of halogens is 3. The van der Waals surface area contributed by atoms with Gasteiger partial charge < -0.3 is 20.7 Å². The molecule has 1 rings (SSSR count). The molecule has 0 spiro atoms. The number of anilines is 1. The van der Waals surface area contributed by atoms with Gasteiger partial charge in [-0.15, -0.1) is 13.2 Å². The van der Waals surface area contributed by atoms with Crippen molar-refractivity contribution in [3.8, 4) is 5.75 Å². The van der Waals surface area contributed by atoms with Gasteiger partial charge in [0.15, 0.2) is 0 Å². The van der Waals surface area contributed by atoms with E-state index in [2.05, 4.69) is 14.8 Å². The van der Waals surface area contributed by atoms with E-state index in [1.54, 1.807) is 0 Å². The van der Waals surface area contributed by atoms with E-state index in [0.29, 0.717) is 0 Å². The Kier molecular flexibility index (Phi) is 5.65. The van der Waals surface area contributed by atoms with Crippen molar-refractivity contribution in [3.05, 3.63) is 34.2 Å². The first-order valence-electron chi connectivity index (χ1n) is 5.76. The predicted octanol–water partition coefficient (Wildman–Crippen LogP) is 2.26. The van der Waals surface area contributed by atoms with E-state index in [9.17, 15) is 23.4 Å². The maximum atomic E-state index is 12.0. The maximum Gasteiger partial charge on any atom is 0.573 e. The number of aliphatic hydroxyl groups is 2. The van der Waals surface area contributed by atoms with Crippen LogP contribution in [0.1, 0.15) is 18.1 Å². The number of benzene rings is 1. The van der Waals surface area contributed by atoms with Crippen molar-refractivity contribution >= 4 is 5.69 Å². The van der Waals surface area contributed by atoms with Crippen molar-refractivity contribution in [2.24, 2.45) is 5.11 Å². The van der Waals surface area contributed by atoms with Crippen LogP contribution in [0.25, 0.3) is 10.4 Å². The number of nitrogens with two attached hydrogens (primary N) is 1. The van der Waals surface area contributed by atoms with E-state index in [0.717, 1.165) is 18.2 Å². The van der Waals surface area contributed by atoms with Crippen molar-refractivity contribution in [1.29, 1.82) is 0 Å². The van der Waals surface area contributed by atoms with Crippen LogP contribution in [-0.2, 0) is 0 Å². The van der Waals surface area contributed by atoms with Gasteiger partial charge >= 0.3 is 6.36 Å². The quantitative estimate of drug-likeness (QED) is 0.322. The maximum absolute atomic E-state index is 12.0. The second-order valence-corrected chi connectivity index (χ2v) is 4.09. The Morgan fingerprint density at radius 2 is 2.05 bits per heavy atom. The molecule has 2 atom stereocenters. The Morgan fingerprint density at radius 1 is 1.38 bits per heavy atom. The number of aliphatic hydroxyl groups excluding tert-OH is 2. The minimum atomic E-state index is -4.85. The topological polar surface area (TPSA) is 124 Å². The molecule has 0 aromatic heterocycles. The molecule has 0 aliphatic carbocycles. The molecule has 0 radical (unpaired) electrons. The number of alkyl halides is 3. The number of hydrogen-bond donors (Lipinski definition) is 3. The summed E-state index contributed by atoms with van der Waals surface area (Å²) in [5.74, 6) is -0.528. The molecule has 0 amide bonds. The average molecular weight is 306 g/mol. The fourth-order valence-corrected chi connectivity index (χ4v) is 1.62. The number of nitrogens with zero attached hydrogens (tertiary/aromatic N) is 3. The normalized spacial score (nSPS) is 14.1. The summed E-state index contributed by atoms with van der Waals surface area (Å²) >= 11 is 0. The molecule has 0 saturated carbocycles. The van der Waals surface area contributed by atoms with Crippen molar-refractivity contribution < 1.29 is 28.1 Å². The zero-order chi connectivity index (χ0) is 16.0. The number of rotatable bonds is 6. The second-order valence-electron chi connectivity index (χ2n) is 4.09. The number of hydrogen-bond acceptors (Lipinski definition) is 5. The lowest BCUT2D eigenvalue weighted by Crippen LogP contribution is -2.21. The average Bonchev–Trinajstić information content (AvgIpc) is 2.36. The first kappa shape index (κ1) is 16.9. The highest BCUT2D eigenvalue weighted by molar-refractivity contribution is 5.52. The molecule has 2 unspecified atom stereocenters. The van der Waals surface area contributed by atoms with Crippen LogP contribution in [0.2, 0.25) is 0 Å². The van der Waals surface area contributed by atoms with Gasteiger partial charge in [-0.05, 0) is 18.0 Å². The molecule has 7 nitrogen and oxygen atoms in total.